The van der Waals surface area contributed by atoms with Crippen LogP contribution in [0.4, 0.5) is 17.6 Å². The summed E-state index contributed by atoms with van der Waals surface area (Å²) in [6.07, 6.45) is -3.69. The smallest absolute Gasteiger partial charge is 0.347 e. The molecule has 0 fully saturated rings. The second-order valence-corrected chi connectivity index (χ2v) is 2.74. The molecule has 0 radical (unpaired) electrons. The summed E-state index contributed by atoms with van der Waals surface area (Å²) in [4.78, 5) is 10.6. The van der Waals surface area contributed by atoms with E-state index in [1.165, 1.54) is 0 Å². The van der Waals surface area contributed by atoms with Crippen molar-refractivity contribution in [1.29, 1.82) is 0 Å². The van der Waals surface area contributed by atoms with Crippen molar-refractivity contribution < 1.29 is 22.4 Å². The first-order valence-electron chi connectivity index (χ1n) is 4.03. The van der Waals surface area contributed by atoms with Crippen LogP contribution in [0.3, 0.4) is 0 Å². The molecule has 0 aromatic carbocycles. The van der Waals surface area contributed by atoms with Gasteiger partial charge in [0.1, 0.15) is 0 Å². The minimum atomic E-state index is -4.65. The first-order valence-corrected chi connectivity index (χ1v) is 4.03. The summed E-state index contributed by atoms with van der Waals surface area (Å²) in [5, 5.41) is 1.74. The lowest BCUT2D eigenvalue weighted by Crippen LogP contribution is -2.50. The molecule has 3 nitrogen and oxygen atoms in total. The van der Waals surface area contributed by atoms with E-state index in [-0.39, 0.29) is 6.54 Å². The van der Waals surface area contributed by atoms with E-state index in [1.54, 1.807) is 12.2 Å². The van der Waals surface area contributed by atoms with Gasteiger partial charge in [0, 0.05) is 12.6 Å². The maximum Gasteiger partial charge on any atom is 0.383 e. The summed E-state index contributed by atoms with van der Waals surface area (Å²) >= 11 is 0. The van der Waals surface area contributed by atoms with E-state index in [9.17, 15) is 22.4 Å². The van der Waals surface area contributed by atoms with Crippen molar-refractivity contribution >= 4 is 5.91 Å². The Labute approximate surface area is 78.6 Å². The highest BCUT2D eigenvalue weighted by Gasteiger charge is 2.49. The average molecular weight is 216 g/mol. The molecule has 0 heterocycles. The molecule has 1 atom stereocenters. The zero-order valence-corrected chi connectivity index (χ0v) is 7.57. The Morgan fingerprint density at radius 1 is 1.50 bits per heavy atom. The predicted octanol–water partition coefficient (Wildman–Crippen LogP) is 0.740. The minimum absolute atomic E-state index is 0.0679. The van der Waals surface area contributed by atoms with Crippen LogP contribution in [-0.2, 0) is 4.79 Å². The van der Waals surface area contributed by atoms with Gasteiger partial charge in [-0.05, 0) is 6.42 Å². The van der Waals surface area contributed by atoms with Gasteiger partial charge in [-0.25, -0.2) is 8.78 Å². The second kappa shape index (κ2) is 5.14. The van der Waals surface area contributed by atoms with Crippen molar-refractivity contribution in [1.82, 2.24) is 5.32 Å². The molecule has 0 spiro atoms. The Kier molecular flexibility index (Phi) is 4.82. The summed E-state index contributed by atoms with van der Waals surface area (Å²) in [6, 6.07) is -0.702. The summed E-state index contributed by atoms with van der Waals surface area (Å²) in [5.74, 6) is -6.63. The molecule has 3 N–H and O–H groups in total. The number of nitrogens with two attached hydrogens (primary N) is 1. The highest BCUT2D eigenvalue weighted by atomic mass is 19.3. The molecule has 0 bridgehead atoms. The molecule has 84 valence electrons. The first kappa shape index (κ1) is 13.2. The highest BCUT2D eigenvalue weighted by molar-refractivity contribution is 5.84. The lowest BCUT2D eigenvalue weighted by Gasteiger charge is -2.19. The van der Waals surface area contributed by atoms with Crippen molar-refractivity contribution in [2.24, 2.45) is 5.73 Å². The number of hydrogen-bond acceptors (Lipinski definition) is 2. The zero-order chi connectivity index (χ0) is 11.4. The van der Waals surface area contributed by atoms with Gasteiger partial charge in [0.2, 0.25) is 0 Å². The van der Waals surface area contributed by atoms with Crippen LogP contribution in [0.15, 0.2) is 0 Å². The maximum absolute atomic E-state index is 12.4. The van der Waals surface area contributed by atoms with Crippen LogP contribution in [0.2, 0.25) is 0 Å². The fraction of sp³-hybridized carbons (Fsp3) is 0.857. The van der Waals surface area contributed by atoms with Crippen molar-refractivity contribution in [2.75, 3.05) is 6.54 Å². The Hall–Kier alpha value is -0.850. The number of nitrogens with one attached hydrogen (secondary N) is 1. The number of carbonyl (C=O) groups excluding carboxylic acids is 1. The molecule has 0 rings (SSSR count). The van der Waals surface area contributed by atoms with Gasteiger partial charge in [-0.1, -0.05) is 6.92 Å². The van der Waals surface area contributed by atoms with E-state index in [2.05, 4.69) is 0 Å². The predicted molar refractivity (Wildman–Crippen MR) is 42.2 cm³/mol. The fourth-order valence-electron chi connectivity index (χ4n) is 0.708. The van der Waals surface area contributed by atoms with Gasteiger partial charge in [0.15, 0.2) is 0 Å². The van der Waals surface area contributed by atoms with Gasteiger partial charge < -0.3 is 11.1 Å². The molecular weight excluding hydrogens is 204 g/mol. The van der Waals surface area contributed by atoms with Crippen molar-refractivity contribution in [3.8, 4) is 0 Å². The third-order valence-electron chi connectivity index (χ3n) is 1.69. The van der Waals surface area contributed by atoms with Crippen molar-refractivity contribution in [3.63, 3.8) is 0 Å². The molecule has 0 aromatic heterocycles. The van der Waals surface area contributed by atoms with Crippen LogP contribution >= 0.6 is 0 Å². The van der Waals surface area contributed by atoms with Crippen LogP contribution in [0.1, 0.15) is 13.3 Å². The molecule has 0 saturated carbocycles. The number of alkyl halides is 4. The van der Waals surface area contributed by atoms with Crippen LogP contribution in [0.5, 0.6) is 0 Å². The lowest BCUT2D eigenvalue weighted by molar-refractivity contribution is -0.170. The van der Waals surface area contributed by atoms with E-state index in [0.29, 0.717) is 6.42 Å². The summed E-state index contributed by atoms with van der Waals surface area (Å²) in [7, 11) is 0. The summed E-state index contributed by atoms with van der Waals surface area (Å²) < 4.78 is 48.1. The van der Waals surface area contributed by atoms with Gasteiger partial charge in [-0.3, -0.25) is 4.79 Å². The van der Waals surface area contributed by atoms with Crippen LogP contribution in [0, 0.1) is 0 Å². The Morgan fingerprint density at radius 2 is 2.00 bits per heavy atom. The zero-order valence-electron chi connectivity index (χ0n) is 7.57. The van der Waals surface area contributed by atoms with E-state index in [0.717, 1.165) is 0 Å². The number of hydrogen-bond donors (Lipinski definition) is 2. The Morgan fingerprint density at radius 3 is 2.29 bits per heavy atom. The SMILES string of the molecule is CCC(CN)NC(=O)C(F)(F)C(F)F. The Bertz CT molecular complexity index is 194. The third kappa shape index (κ3) is 3.13. The van der Waals surface area contributed by atoms with Crippen LogP contribution in [0.25, 0.3) is 0 Å². The second-order valence-electron chi connectivity index (χ2n) is 2.74. The topological polar surface area (TPSA) is 55.1 Å². The molecule has 1 amide bonds. The molecular formula is C7H12F4N2O. The van der Waals surface area contributed by atoms with E-state index < -0.39 is 24.3 Å². The normalized spacial score (nSPS) is 14.2. The number of amides is 1. The molecule has 14 heavy (non-hydrogen) atoms. The van der Waals surface area contributed by atoms with Gasteiger partial charge in [-0.15, -0.1) is 0 Å². The number of halogens is 4. The molecule has 0 aromatic rings. The quantitative estimate of drug-likeness (QED) is 0.666. The monoisotopic (exact) mass is 216 g/mol. The lowest BCUT2D eigenvalue weighted by atomic mass is 10.2. The van der Waals surface area contributed by atoms with E-state index >= 15 is 0 Å². The number of rotatable bonds is 5. The Balaban J connectivity index is 4.33. The third-order valence-corrected chi connectivity index (χ3v) is 1.69. The minimum Gasteiger partial charge on any atom is -0.347 e. The van der Waals surface area contributed by atoms with Gasteiger partial charge in [-0.2, -0.15) is 8.78 Å². The molecule has 1 unspecified atom stereocenters. The van der Waals surface area contributed by atoms with Crippen molar-refractivity contribution in [3.05, 3.63) is 0 Å². The molecule has 0 aliphatic carbocycles. The molecule has 7 heteroatoms. The first-order chi connectivity index (χ1) is 6.36. The van der Waals surface area contributed by atoms with Gasteiger partial charge in [0.05, 0.1) is 0 Å². The molecule has 0 aliphatic heterocycles. The van der Waals surface area contributed by atoms with Gasteiger partial charge in [0.25, 0.3) is 5.91 Å². The summed E-state index contributed by atoms with van der Waals surface area (Å²) in [6.45, 7) is 1.53. The highest BCUT2D eigenvalue weighted by Crippen LogP contribution is 2.22. The largest absolute Gasteiger partial charge is 0.383 e. The van der Waals surface area contributed by atoms with Crippen LogP contribution in [-0.4, -0.2) is 30.8 Å². The van der Waals surface area contributed by atoms with Crippen molar-refractivity contribution in [2.45, 2.75) is 31.7 Å². The van der Waals surface area contributed by atoms with Crippen LogP contribution < -0.4 is 11.1 Å². The van der Waals surface area contributed by atoms with Gasteiger partial charge >= 0.3 is 12.3 Å². The molecule has 0 saturated heterocycles. The average Bonchev–Trinajstić information content (AvgIpc) is 2.13. The number of carbonyl (C=O) groups is 1. The molecule has 0 aliphatic rings. The fourth-order valence-corrected chi connectivity index (χ4v) is 0.708. The summed E-state index contributed by atoms with van der Waals surface area (Å²) in [5.41, 5.74) is 5.10. The standard InChI is InChI=1S/C7H12F4N2O/c1-2-4(3-12)13-6(14)7(10,11)5(8)9/h4-5H,2-3,12H2,1H3,(H,13,14). The maximum atomic E-state index is 12.4. The van der Waals surface area contributed by atoms with E-state index in [4.69, 9.17) is 5.73 Å². The van der Waals surface area contributed by atoms with E-state index in [1.807, 2.05) is 0 Å².